The van der Waals surface area contributed by atoms with Gasteiger partial charge in [0.15, 0.2) is 0 Å². The van der Waals surface area contributed by atoms with Gasteiger partial charge in [-0.2, -0.15) is 0 Å². The van der Waals surface area contributed by atoms with Crippen molar-refractivity contribution in [2.75, 3.05) is 33.5 Å². The summed E-state index contributed by atoms with van der Waals surface area (Å²) in [6.45, 7) is 3.72. The first kappa shape index (κ1) is 11.0. The molecule has 0 amide bonds. The van der Waals surface area contributed by atoms with Crippen LogP contribution in [-0.2, 0) is 9.47 Å². The SMILES string of the molecule is COCCCOCCC1CCCN1. The predicted molar refractivity (Wildman–Crippen MR) is 53.0 cm³/mol. The molecule has 1 atom stereocenters. The lowest BCUT2D eigenvalue weighted by molar-refractivity contribution is 0.0974. The van der Waals surface area contributed by atoms with Crippen LogP contribution in [0.3, 0.4) is 0 Å². The van der Waals surface area contributed by atoms with Gasteiger partial charge in [0.2, 0.25) is 0 Å². The Morgan fingerprint density at radius 2 is 2.23 bits per heavy atom. The van der Waals surface area contributed by atoms with Gasteiger partial charge in [-0.05, 0) is 32.2 Å². The zero-order valence-electron chi connectivity index (χ0n) is 8.55. The second-order valence-electron chi connectivity index (χ2n) is 3.54. The Balaban J connectivity index is 1.78. The van der Waals surface area contributed by atoms with E-state index in [-0.39, 0.29) is 0 Å². The summed E-state index contributed by atoms with van der Waals surface area (Å²) in [7, 11) is 1.72. The predicted octanol–water partition coefficient (Wildman–Crippen LogP) is 1.18. The van der Waals surface area contributed by atoms with Crippen LogP contribution in [0.4, 0.5) is 0 Å². The molecule has 78 valence electrons. The van der Waals surface area contributed by atoms with Crippen molar-refractivity contribution in [3.05, 3.63) is 0 Å². The summed E-state index contributed by atoms with van der Waals surface area (Å²) in [5.41, 5.74) is 0. The number of rotatable bonds is 7. The first-order valence-corrected chi connectivity index (χ1v) is 5.23. The molecule has 3 nitrogen and oxygen atoms in total. The Labute approximate surface area is 80.8 Å². The van der Waals surface area contributed by atoms with Crippen molar-refractivity contribution in [3.63, 3.8) is 0 Å². The standard InChI is InChI=1S/C10H21NO2/c1-12-7-3-8-13-9-5-10-4-2-6-11-10/h10-11H,2-9H2,1H3. The van der Waals surface area contributed by atoms with E-state index in [0.717, 1.165) is 32.7 Å². The third-order valence-corrected chi connectivity index (χ3v) is 2.41. The number of ether oxygens (including phenoxy) is 2. The molecule has 1 fully saturated rings. The van der Waals surface area contributed by atoms with Gasteiger partial charge in [-0.3, -0.25) is 0 Å². The van der Waals surface area contributed by atoms with Crippen molar-refractivity contribution in [1.29, 1.82) is 0 Å². The van der Waals surface area contributed by atoms with Gasteiger partial charge in [-0.1, -0.05) is 0 Å². The van der Waals surface area contributed by atoms with Crippen molar-refractivity contribution in [2.24, 2.45) is 0 Å². The van der Waals surface area contributed by atoms with E-state index in [2.05, 4.69) is 5.32 Å². The summed E-state index contributed by atoms with van der Waals surface area (Å²) >= 11 is 0. The van der Waals surface area contributed by atoms with Crippen molar-refractivity contribution in [3.8, 4) is 0 Å². The maximum atomic E-state index is 5.48. The van der Waals surface area contributed by atoms with Gasteiger partial charge in [-0.15, -0.1) is 0 Å². The molecular weight excluding hydrogens is 166 g/mol. The largest absolute Gasteiger partial charge is 0.385 e. The Hall–Kier alpha value is -0.120. The molecule has 1 rings (SSSR count). The van der Waals surface area contributed by atoms with Crippen LogP contribution < -0.4 is 5.32 Å². The molecule has 0 aliphatic carbocycles. The van der Waals surface area contributed by atoms with Crippen LogP contribution in [0, 0.1) is 0 Å². The van der Waals surface area contributed by atoms with Crippen LogP contribution in [0.5, 0.6) is 0 Å². The highest BCUT2D eigenvalue weighted by Gasteiger charge is 2.12. The monoisotopic (exact) mass is 187 g/mol. The number of methoxy groups -OCH3 is 1. The molecule has 1 heterocycles. The Bertz CT molecular complexity index is 113. The van der Waals surface area contributed by atoms with Crippen molar-refractivity contribution in [1.82, 2.24) is 5.32 Å². The molecule has 0 aromatic rings. The van der Waals surface area contributed by atoms with Gasteiger partial charge < -0.3 is 14.8 Å². The number of hydrogen-bond acceptors (Lipinski definition) is 3. The molecule has 0 bridgehead atoms. The molecule has 1 unspecified atom stereocenters. The second kappa shape index (κ2) is 7.30. The van der Waals surface area contributed by atoms with Gasteiger partial charge >= 0.3 is 0 Å². The average Bonchev–Trinajstić information content (AvgIpc) is 2.63. The second-order valence-corrected chi connectivity index (χ2v) is 3.54. The highest BCUT2D eigenvalue weighted by atomic mass is 16.5. The quantitative estimate of drug-likeness (QED) is 0.607. The van der Waals surface area contributed by atoms with Crippen molar-refractivity contribution in [2.45, 2.75) is 31.7 Å². The summed E-state index contributed by atoms with van der Waals surface area (Å²) in [4.78, 5) is 0. The molecular formula is C10H21NO2. The molecule has 3 heteroatoms. The van der Waals surface area contributed by atoms with Gasteiger partial charge in [0, 0.05) is 33.0 Å². The van der Waals surface area contributed by atoms with Crippen molar-refractivity contribution >= 4 is 0 Å². The molecule has 13 heavy (non-hydrogen) atoms. The van der Waals surface area contributed by atoms with E-state index in [4.69, 9.17) is 9.47 Å². The molecule has 1 saturated heterocycles. The van der Waals surface area contributed by atoms with Crippen LogP contribution in [0.2, 0.25) is 0 Å². The highest BCUT2D eigenvalue weighted by Crippen LogP contribution is 2.08. The van der Waals surface area contributed by atoms with Crippen LogP contribution in [-0.4, -0.2) is 39.5 Å². The Morgan fingerprint density at radius 3 is 2.92 bits per heavy atom. The molecule has 0 aromatic heterocycles. The zero-order chi connectivity index (χ0) is 9.36. The summed E-state index contributed by atoms with van der Waals surface area (Å²) in [5, 5.41) is 3.45. The van der Waals surface area contributed by atoms with Crippen LogP contribution in [0.25, 0.3) is 0 Å². The minimum absolute atomic E-state index is 0.711. The minimum atomic E-state index is 0.711. The fourth-order valence-electron chi connectivity index (χ4n) is 1.64. The normalized spacial score (nSPS) is 22.4. The van der Waals surface area contributed by atoms with E-state index < -0.39 is 0 Å². The van der Waals surface area contributed by atoms with E-state index in [1.165, 1.54) is 19.4 Å². The third kappa shape index (κ3) is 5.24. The van der Waals surface area contributed by atoms with E-state index in [1.807, 2.05) is 0 Å². The van der Waals surface area contributed by atoms with Gasteiger partial charge in [0.05, 0.1) is 0 Å². The first-order valence-electron chi connectivity index (χ1n) is 5.23. The zero-order valence-corrected chi connectivity index (χ0v) is 8.55. The summed E-state index contributed by atoms with van der Waals surface area (Å²) in [6, 6.07) is 0.711. The van der Waals surface area contributed by atoms with Crippen molar-refractivity contribution < 1.29 is 9.47 Å². The lowest BCUT2D eigenvalue weighted by Crippen LogP contribution is -2.22. The number of hydrogen-bond donors (Lipinski definition) is 1. The summed E-state index contributed by atoms with van der Waals surface area (Å²) in [6.07, 6.45) is 4.82. The lowest BCUT2D eigenvalue weighted by atomic mass is 10.2. The number of nitrogens with one attached hydrogen (secondary N) is 1. The summed E-state index contributed by atoms with van der Waals surface area (Å²) in [5.74, 6) is 0. The molecule has 0 aromatic carbocycles. The third-order valence-electron chi connectivity index (χ3n) is 2.41. The van der Waals surface area contributed by atoms with E-state index in [0.29, 0.717) is 6.04 Å². The van der Waals surface area contributed by atoms with Gasteiger partial charge in [-0.25, -0.2) is 0 Å². The molecule has 0 spiro atoms. The topological polar surface area (TPSA) is 30.5 Å². The molecule has 1 N–H and O–H groups in total. The van der Waals surface area contributed by atoms with Crippen LogP contribution >= 0.6 is 0 Å². The molecule has 0 radical (unpaired) electrons. The maximum absolute atomic E-state index is 5.48. The van der Waals surface area contributed by atoms with Crippen LogP contribution in [0.15, 0.2) is 0 Å². The molecule has 0 saturated carbocycles. The fourth-order valence-corrected chi connectivity index (χ4v) is 1.64. The fraction of sp³-hybridized carbons (Fsp3) is 1.00. The first-order chi connectivity index (χ1) is 6.43. The average molecular weight is 187 g/mol. The Kier molecular flexibility index (Phi) is 6.15. The van der Waals surface area contributed by atoms with E-state index in [9.17, 15) is 0 Å². The lowest BCUT2D eigenvalue weighted by Gasteiger charge is -2.09. The van der Waals surface area contributed by atoms with Crippen LogP contribution in [0.1, 0.15) is 25.7 Å². The molecule has 1 aliphatic rings. The molecule has 1 aliphatic heterocycles. The van der Waals surface area contributed by atoms with E-state index >= 15 is 0 Å². The minimum Gasteiger partial charge on any atom is -0.385 e. The maximum Gasteiger partial charge on any atom is 0.0487 e. The van der Waals surface area contributed by atoms with Gasteiger partial charge in [0.25, 0.3) is 0 Å². The van der Waals surface area contributed by atoms with Gasteiger partial charge in [0.1, 0.15) is 0 Å². The smallest absolute Gasteiger partial charge is 0.0487 e. The Morgan fingerprint density at radius 1 is 1.31 bits per heavy atom. The summed E-state index contributed by atoms with van der Waals surface area (Å²) < 4.78 is 10.4. The van der Waals surface area contributed by atoms with E-state index in [1.54, 1.807) is 7.11 Å². The highest BCUT2D eigenvalue weighted by molar-refractivity contribution is 4.73.